The first-order chi connectivity index (χ1) is 12.0. The van der Waals surface area contributed by atoms with Gasteiger partial charge in [0.2, 0.25) is 0 Å². The highest BCUT2D eigenvalue weighted by atomic mass is 32.1. The van der Waals surface area contributed by atoms with Crippen LogP contribution in [-0.4, -0.2) is 68.6 Å². The Kier molecular flexibility index (Phi) is 5.13. The van der Waals surface area contributed by atoms with Crippen LogP contribution in [0.3, 0.4) is 0 Å². The third-order valence-corrected chi connectivity index (χ3v) is 4.86. The molecule has 8 nitrogen and oxygen atoms in total. The van der Waals surface area contributed by atoms with Gasteiger partial charge in [0.1, 0.15) is 5.69 Å². The molecule has 2 aromatic rings. The molecule has 1 saturated heterocycles. The number of carboxylic acid groups (broad SMARTS) is 1. The zero-order chi connectivity index (χ0) is 17.8. The predicted octanol–water partition coefficient (Wildman–Crippen LogP) is 1.02. The minimum atomic E-state index is -0.907. The molecule has 0 bridgehead atoms. The fourth-order valence-electron chi connectivity index (χ4n) is 2.64. The summed E-state index contributed by atoms with van der Waals surface area (Å²) in [5.41, 5.74) is 0.295. The lowest BCUT2D eigenvalue weighted by Gasteiger charge is -2.34. The van der Waals surface area contributed by atoms with E-state index in [9.17, 15) is 14.4 Å². The molecular formula is C16H18N4O4S. The van der Waals surface area contributed by atoms with Crippen LogP contribution in [0.15, 0.2) is 29.8 Å². The van der Waals surface area contributed by atoms with Crippen LogP contribution in [0.25, 0.3) is 0 Å². The molecule has 0 spiro atoms. The van der Waals surface area contributed by atoms with Crippen LogP contribution < -0.4 is 0 Å². The number of rotatable bonds is 5. The lowest BCUT2D eigenvalue weighted by Crippen LogP contribution is -2.50. The van der Waals surface area contributed by atoms with Gasteiger partial charge < -0.3 is 14.9 Å². The Labute approximate surface area is 148 Å². The van der Waals surface area contributed by atoms with Crippen molar-refractivity contribution in [2.24, 2.45) is 0 Å². The number of carbonyl (C=O) groups is 3. The smallest absolute Gasteiger partial charge is 0.305 e. The van der Waals surface area contributed by atoms with Gasteiger partial charge in [0, 0.05) is 32.4 Å². The monoisotopic (exact) mass is 362 g/mol. The van der Waals surface area contributed by atoms with Crippen LogP contribution in [-0.2, 0) is 11.3 Å². The van der Waals surface area contributed by atoms with E-state index in [0.29, 0.717) is 36.8 Å². The van der Waals surface area contributed by atoms with Crippen molar-refractivity contribution in [1.29, 1.82) is 0 Å². The summed E-state index contributed by atoms with van der Waals surface area (Å²) in [7, 11) is 0. The summed E-state index contributed by atoms with van der Waals surface area (Å²) in [5.74, 6) is -1.10. The van der Waals surface area contributed by atoms with E-state index in [1.165, 1.54) is 16.0 Å². The minimum absolute atomic E-state index is 0.0000440. The second-order valence-corrected chi connectivity index (χ2v) is 6.62. The van der Waals surface area contributed by atoms with Crippen molar-refractivity contribution in [2.45, 2.75) is 13.0 Å². The van der Waals surface area contributed by atoms with E-state index in [1.54, 1.807) is 28.1 Å². The van der Waals surface area contributed by atoms with Crippen molar-refractivity contribution >= 4 is 29.1 Å². The number of amides is 2. The highest BCUT2D eigenvalue weighted by Crippen LogP contribution is 2.14. The van der Waals surface area contributed by atoms with Crippen LogP contribution in [0.2, 0.25) is 0 Å². The molecule has 3 rings (SSSR count). The average molecular weight is 362 g/mol. The molecule has 1 N–H and O–H groups in total. The fourth-order valence-corrected chi connectivity index (χ4v) is 3.33. The molecule has 1 fully saturated rings. The molecule has 1 aliphatic heterocycles. The first kappa shape index (κ1) is 17.2. The Balaban J connectivity index is 1.55. The third kappa shape index (κ3) is 4.05. The van der Waals surface area contributed by atoms with E-state index in [-0.39, 0.29) is 24.8 Å². The van der Waals surface area contributed by atoms with E-state index >= 15 is 0 Å². The van der Waals surface area contributed by atoms with Crippen molar-refractivity contribution in [3.05, 3.63) is 40.3 Å². The number of carbonyl (C=O) groups excluding carboxylic acids is 2. The summed E-state index contributed by atoms with van der Waals surface area (Å²) >= 11 is 1.41. The quantitative estimate of drug-likeness (QED) is 0.857. The van der Waals surface area contributed by atoms with E-state index in [1.807, 2.05) is 11.4 Å². The Hall–Kier alpha value is -2.68. The molecule has 1 aliphatic rings. The van der Waals surface area contributed by atoms with Gasteiger partial charge in [-0.3, -0.25) is 19.1 Å². The van der Waals surface area contributed by atoms with Crippen molar-refractivity contribution in [3.63, 3.8) is 0 Å². The average Bonchev–Trinajstić information content (AvgIpc) is 3.30. The topological polar surface area (TPSA) is 95.7 Å². The Morgan fingerprint density at radius 2 is 1.76 bits per heavy atom. The zero-order valence-electron chi connectivity index (χ0n) is 13.5. The maximum absolute atomic E-state index is 12.5. The highest BCUT2D eigenvalue weighted by Gasteiger charge is 2.26. The normalized spacial score (nSPS) is 14.6. The predicted molar refractivity (Wildman–Crippen MR) is 90.6 cm³/mol. The van der Waals surface area contributed by atoms with E-state index < -0.39 is 5.97 Å². The van der Waals surface area contributed by atoms with Gasteiger partial charge in [-0.1, -0.05) is 6.07 Å². The maximum Gasteiger partial charge on any atom is 0.305 e. The summed E-state index contributed by atoms with van der Waals surface area (Å²) < 4.78 is 1.46. The zero-order valence-corrected chi connectivity index (χ0v) is 14.3. The number of carboxylic acids is 1. The highest BCUT2D eigenvalue weighted by molar-refractivity contribution is 7.12. The van der Waals surface area contributed by atoms with Crippen LogP contribution in [0.4, 0.5) is 0 Å². The number of thiophene rings is 1. The molecule has 9 heteroatoms. The molecule has 25 heavy (non-hydrogen) atoms. The number of aromatic nitrogens is 2. The number of hydrogen-bond donors (Lipinski definition) is 1. The Morgan fingerprint density at radius 3 is 2.36 bits per heavy atom. The standard InChI is InChI=1S/C16H18N4O4S/c21-14(22)4-6-20-5-3-12(17-20)15(23)18-7-9-19(10-8-18)16(24)13-2-1-11-25-13/h1-3,5,11H,4,6-10H2,(H,21,22). The van der Waals surface area contributed by atoms with Crippen LogP contribution >= 0.6 is 11.3 Å². The lowest BCUT2D eigenvalue weighted by atomic mass is 10.2. The Morgan fingerprint density at radius 1 is 1.08 bits per heavy atom. The molecule has 132 valence electrons. The van der Waals surface area contributed by atoms with Gasteiger partial charge in [-0.05, 0) is 17.5 Å². The molecule has 0 aliphatic carbocycles. The molecule has 0 unspecified atom stereocenters. The third-order valence-electron chi connectivity index (χ3n) is 4.00. The summed E-state index contributed by atoms with van der Waals surface area (Å²) in [6.07, 6.45) is 1.56. The van der Waals surface area contributed by atoms with Gasteiger partial charge in [0.25, 0.3) is 11.8 Å². The maximum atomic E-state index is 12.5. The second kappa shape index (κ2) is 7.47. The van der Waals surface area contributed by atoms with Crippen LogP contribution in [0.5, 0.6) is 0 Å². The summed E-state index contributed by atoms with van der Waals surface area (Å²) in [4.78, 5) is 39.5. The second-order valence-electron chi connectivity index (χ2n) is 5.67. The van der Waals surface area contributed by atoms with E-state index in [0.717, 1.165) is 0 Å². The van der Waals surface area contributed by atoms with Gasteiger partial charge in [-0.2, -0.15) is 5.10 Å². The van der Waals surface area contributed by atoms with Crippen LogP contribution in [0.1, 0.15) is 26.6 Å². The van der Waals surface area contributed by atoms with Crippen molar-refractivity contribution in [3.8, 4) is 0 Å². The van der Waals surface area contributed by atoms with Gasteiger partial charge in [-0.25, -0.2) is 0 Å². The van der Waals surface area contributed by atoms with Crippen molar-refractivity contribution in [1.82, 2.24) is 19.6 Å². The van der Waals surface area contributed by atoms with Crippen LogP contribution in [0, 0.1) is 0 Å². The number of aryl methyl sites for hydroxylation is 1. The number of piperazine rings is 1. The fraction of sp³-hybridized carbons (Fsp3) is 0.375. The summed E-state index contributed by atoms with van der Waals surface area (Å²) in [6, 6.07) is 5.24. The van der Waals surface area contributed by atoms with E-state index in [4.69, 9.17) is 5.11 Å². The Bertz CT molecular complexity index is 763. The molecule has 0 radical (unpaired) electrons. The van der Waals surface area contributed by atoms with Crippen molar-refractivity contribution in [2.75, 3.05) is 26.2 Å². The number of hydrogen-bond acceptors (Lipinski definition) is 5. The van der Waals surface area contributed by atoms with Crippen molar-refractivity contribution < 1.29 is 19.5 Å². The van der Waals surface area contributed by atoms with E-state index in [2.05, 4.69) is 5.10 Å². The molecule has 2 amide bonds. The SMILES string of the molecule is O=C(O)CCn1ccc(C(=O)N2CCN(C(=O)c3cccs3)CC2)n1. The number of nitrogens with zero attached hydrogens (tertiary/aromatic N) is 4. The molecule has 2 aromatic heterocycles. The molecular weight excluding hydrogens is 344 g/mol. The first-order valence-electron chi connectivity index (χ1n) is 7.92. The van der Waals surface area contributed by atoms with Gasteiger partial charge in [0.15, 0.2) is 0 Å². The molecule has 0 atom stereocenters. The van der Waals surface area contributed by atoms with Gasteiger partial charge in [-0.15, -0.1) is 11.3 Å². The summed E-state index contributed by atoms with van der Waals surface area (Å²) in [5, 5.41) is 14.7. The lowest BCUT2D eigenvalue weighted by molar-refractivity contribution is -0.137. The summed E-state index contributed by atoms with van der Waals surface area (Å²) in [6.45, 7) is 2.12. The number of aliphatic carboxylic acids is 1. The first-order valence-corrected chi connectivity index (χ1v) is 8.80. The molecule has 0 saturated carbocycles. The van der Waals surface area contributed by atoms with Gasteiger partial charge >= 0.3 is 5.97 Å². The minimum Gasteiger partial charge on any atom is -0.481 e. The molecule has 3 heterocycles. The molecule has 0 aromatic carbocycles. The van der Waals surface area contributed by atoms with Gasteiger partial charge in [0.05, 0.1) is 17.8 Å². The largest absolute Gasteiger partial charge is 0.481 e.